The topological polar surface area (TPSA) is 113 Å². The summed E-state index contributed by atoms with van der Waals surface area (Å²) in [4.78, 5) is 44.3. The molecule has 0 saturated carbocycles. The predicted molar refractivity (Wildman–Crippen MR) is 143 cm³/mol. The van der Waals surface area contributed by atoms with Crippen molar-refractivity contribution in [3.8, 4) is 0 Å². The van der Waals surface area contributed by atoms with E-state index in [1.54, 1.807) is 23.1 Å². The van der Waals surface area contributed by atoms with Crippen LogP contribution in [0.3, 0.4) is 0 Å². The van der Waals surface area contributed by atoms with Crippen LogP contribution in [0.4, 0.5) is 0 Å². The van der Waals surface area contributed by atoms with Gasteiger partial charge in [-0.1, -0.05) is 41.4 Å². The fourth-order valence-electron chi connectivity index (χ4n) is 4.38. The summed E-state index contributed by atoms with van der Waals surface area (Å²) in [7, 11) is 0. The monoisotopic (exact) mass is 563 g/mol. The van der Waals surface area contributed by atoms with Crippen LogP contribution in [0.5, 0.6) is 0 Å². The van der Waals surface area contributed by atoms with Crippen molar-refractivity contribution in [1.82, 2.24) is 15.2 Å². The van der Waals surface area contributed by atoms with Gasteiger partial charge >= 0.3 is 5.97 Å². The van der Waals surface area contributed by atoms with Crippen LogP contribution in [-0.2, 0) is 27.2 Å². The zero-order valence-electron chi connectivity index (χ0n) is 20.2. The minimum atomic E-state index is -1.16. The fraction of sp³-hybridized carbons (Fsp3) is 0.385. The van der Waals surface area contributed by atoms with Crippen molar-refractivity contribution >= 4 is 63.8 Å². The highest BCUT2D eigenvalue weighted by Crippen LogP contribution is 2.35. The molecule has 4 rings (SSSR count). The Morgan fingerprint density at radius 1 is 1.16 bits per heavy atom. The number of carbonyl (C=O) groups excluding carboxylic acids is 2. The summed E-state index contributed by atoms with van der Waals surface area (Å²) >= 11 is 14.2. The first-order chi connectivity index (χ1) is 17.8. The lowest BCUT2D eigenvalue weighted by Gasteiger charge is -2.32. The summed E-state index contributed by atoms with van der Waals surface area (Å²) in [5.74, 6) is -1.64. The van der Waals surface area contributed by atoms with Gasteiger partial charge in [0.25, 0.3) is 0 Å². The number of para-hydroxylation sites is 2. The summed E-state index contributed by atoms with van der Waals surface area (Å²) in [5.41, 5.74) is 2.02. The van der Waals surface area contributed by atoms with E-state index in [9.17, 15) is 19.5 Å². The molecule has 0 radical (unpaired) electrons. The molecule has 196 valence electrons. The minimum absolute atomic E-state index is 0.0145. The molecule has 0 spiro atoms. The highest BCUT2D eigenvalue weighted by Gasteiger charge is 2.31. The quantitative estimate of drug-likeness (QED) is 0.358. The Kier molecular flexibility index (Phi) is 9.00. The van der Waals surface area contributed by atoms with Gasteiger partial charge in [0.05, 0.1) is 16.5 Å². The number of likely N-dealkylation sites (tertiary alicyclic amines) is 1. The Morgan fingerprint density at radius 2 is 1.89 bits per heavy atom. The maximum absolute atomic E-state index is 12.8. The predicted octanol–water partition coefficient (Wildman–Crippen LogP) is 4.84. The molecule has 1 atom stereocenters. The number of aryl methyl sites for hydroxylation is 1. The maximum Gasteiger partial charge on any atom is 0.326 e. The number of carbonyl (C=O) groups is 3. The van der Waals surface area contributed by atoms with E-state index in [0.29, 0.717) is 53.5 Å². The van der Waals surface area contributed by atoms with Crippen molar-refractivity contribution in [1.29, 1.82) is 0 Å². The number of nitrogens with one attached hydrogen (secondary N) is 1. The molecule has 2 N–H and O–H groups in total. The Morgan fingerprint density at radius 3 is 2.57 bits per heavy atom. The number of nitrogens with zero attached hydrogens (tertiary/aromatic N) is 2. The molecule has 0 aliphatic carbocycles. The van der Waals surface area contributed by atoms with Crippen molar-refractivity contribution in [3.05, 3.63) is 57.9 Å². The van der Waals surface area contributed by atoms with Crippen molar-refractivity contribution in [2.75, 3.05) is 19.3 Å². The number of hydrogen-bond donors (Lipinski definition) is 2. The highest BCUT2D eigenvalue weighted by molar-refractivity contribution is 7.98. The van der Waals surface area contributed by atoms with Crippen LogP contribution in [0, 0.1) is 5.92 Å². The van der Waals surface area contributed by atoms with Crippen LogP contribution >= 0.6 is 35.0 Å². The molecular weight excluding hydrogens is 537 g/mol. The zero-order valence-corrected chi connectivity index (χ0v) is 22.5. The van der Waals surface area contributed by atoms with Gasteiger partial charge in [-0.25, -0.2) is 9.78 Å². The molecule has 3 aromatic rings. The number of carboxylic acid groups (broad SMARTS) is 1. The standard InChI is InChI=1S/C26H27Cl2N3O5S/c1-37-20-8-6-15(23(27)24(20)28)7-9-22(32)31-12-10-16(11-13-31)25(33)30-18(26(34)35)14-21-29-17-4-2-3-5-19(17)36-21/h2-6,8,16,18H,7,9-14H2,1H3,(H,30,33)(H,34,35). The van der Waals surface area contributed by atoms with E-state index in [1.165, 1.54) is 11.8 Å². The summed E-state index contributed by atoms with van der Waals surface area (Å²) in [6.07, 6.45) is 3.55. The normalized spacial score (nSPS) is 15.1. The van der Waals surface area contributed by atoms with E-state index in [2.05, 4.69) is 10.3 Å². The number of oxazole rings is 1. The van der Waals surface area contributed by atoms with Crippen molar-refractivity contribution in [2.45, 2.75) is 43.0 Å². The lowest BCUT2D eigenvalue weighted by atomic mass is 9.95. The van der Waals surface area contributed by atoms with E-state index in [-0.39, 0.29) is 36.5 Å². The summed E-state index contributed by atoms with van der Waals surface area (Å²) in [6.45, 7) is 0.860. The van der Waals surface area contributed by atoms with E-state index in [1.807, 2.05) is 24.5 Å². The molecule has 2 amide bonds. The average molecular weight is 564 g/mol. The molecule has 1 aromatic heterocycles. The molecule has 1 aliphatic heterocycles. The molecule has 37 heavy (non-hydrogen) atoms. The first-order valence-electron chi connectivity index (χ1n) is 11.9. The lowest BCUT2D eigenvalue weighted by Crippen LogP contribution is -2.48. The van der Waals surface area contributed by atoms with Crippen LogP contribution in [-0.4, -0.2) is 58.2 Å². The third-order valence-corrected chi connectivity index (χ3v) is 8.32. The Bertz CT molecular complexity index is 1270. The van der Waals surface area contributed by atoms with Gasteiger partial charge < -0.3 is 19.7 Å². The number of aliphatic carboxylic acids is 1. The second kappa shape index (κ2) is 12.2. The van der Waals surface area contributed by atoms with Gasteiger partial charge in [0.2, 0.25) is 11.8 Å². The van der Waals surface area contributed by atoms with E-state index in [0.717, 1.165) is 10.5 Å². The van der Waals surface area contributed by atoms with Gasteiger partial charge in [0.15, 0.2) is 11.5 Å². The second-order valence-electron chi connectivity index (χ2n) is 8.89. The van der Waals surface area contributed by atoms with Gasteiger partial charge in [-0.3, -0.25) is 9.59 Å². The SMILES string of the molecule is CSc1ccc(CCC(=O)N2CCC(C(=O)NC(Cc3nc4ccccc4o3)C(=O)O)CC2)c(Cl)c1Cl. The summed E-state index contributed by atoms with van der Waals surface area (Å²) < 4.78 is 5.61. The third kappa shape index (κ3) is 6.58. The van der Waals surface area contributed by atoms with Gasteiger partial charge in [0.1, 0.15) is 11.6 Å². The average Bonchev–Trinajstić information content (AvgIpc) is 3.31. The van der Waals surface area contributed by atoms with E-state index in [4.69, 9.17) is 27.6 Å². The summed E-state index contributed by atoms with van der Waals surface area (Å²) in [6, 6.07) is 9.78. The van der Waals surface area contributed by atoms with E-state index >= 15 is 0 Å². The third-order valence-electron chi connectivity index (χ3n) is 6.50. The highest BCUT2D eigenvalue weighted by atomic mass is 35.5. The second-order valence-corrected chi connectivity index (χ2v) is 10.5. The molecule has 2 heterocycles. The Balaban J connectivity index is 1.27. The number of fused-ring (bicyclic) bond motifs is 1. The number of benzene rings is 2. The van der Waals surface area contributed by atoms with Crippen LogP contribution in [0.2, 0.25) is 10.0 Å². The zero-order chi connectivity index (χ0) is 26.5. The van der Waals surface area contributed by atoms with Gasteiger partial charge in [-0.2, -0.15) is 0 Å². The minimum Gasteiger partial charge on any atom is -0.480 e. The largest absolute Gasteiger partial charge is 0.480 e. The van der Waals surface area contributed by atoms with Crippen LogP contribution < -0.4 is 5.32 Å². The molecule has 1 aliphatic rings. The molecule has 1 saturated heterocycles. The molecule has 2 aromatic carbocycles. The molecule has 11 heteroatoms. The number of carboxylic acids is 1. The number of hydrogen-bond acceptors (Lipinski definition) is 6. The van der Waals surface area contributed by atoms with Crippen LogP contribution in [0.1, 0.15) is 30.7 Å². The van der Waals surface area contributed by atoms with Crippen LogP contribution in [0.15, 0.2) is 45.7 Å². The Labute approximate surface area is 228 Å². The van der Waals surface area contributed by atoms with E-state index < -0.39 is 12.0 Å². The Hall–Kier alpha value is -2.75. The molecule has 1 unspecified atom stereocenters. The van der Waals surface area contributed by atoms with Crippen molar-refractivity contribution in [3.63, 3.8) is 0 Å². The number of rotatable bonds is 9. The molecule has 0 bridgehead atoms. The van der Waals surface area contributed by atoms with Crippen molar-refractivity contribution in [2.24, 2.45) is 5.92 Å². The molecular formula is C26H27Cl2N3O5S. The number of piperidine rings is 1. The lowest BCUT2D eigenvalue weighted by molar-refractivity contribution is -0.143. The van der Waals surface area contributed by atoms with Gasteiger partial charge in [0, 0.05) is 30.3 Å². The number of amides is 2. The molecule has 8 nitrogen and oxygen atoms in total. The number of aromatic nitrogens is 1. The molecule has 1 fully saturated rings. The maximum atomic E-state index is 12.8. The van der Waals surface area contributed by atoms with Crippen LogP contribution in [0.25, 0.3) is 11.1 Å². The van der Waals surface area contributed by atoms with Crippen molar-refractivity contribution < 1.29 is 23.9 Å². The fourth-order valence-corrected chi connectivity index (χ4v) is 5.60. The first-order valence-corrected chi connectivity index (χ1v) is 13.9. The first kappa shape index (κ1) is 27.3. The number of halogens is 2. The number of thioether (sulfide) groups is 1. The van der Waals surface area contributed by atoms with Gasteiger partial charge in [-0.15, -0.1) is 11.8 Å². The smallest absolute Gasteiger partial charge is 0.326 e. The summed E-state index contributed by atoms with van der Waals surface area (Å²) in [5, 5.41) is 13.2. The van der Waals surface area contributed by atoms with Gasteiger partial charge in [-0.05, 0) is 49.3 Å².